The summed E-state index contributed by atoms with van der Waals surface area (Å²) in [5.74, 6) is 0.0809. The second-order valence-electron chi connectivity index (χ2n) is 6.71. The first-order valence-electron chi connectivity index (χ1n) is 8.76. The molecule has 6 heteroatoms. The summed E-state index contributed by atoms with van der Waals surface area (Å²) in [6.45, 7) is 4.92. The lowest BCUT2D eigenvalue weighted by Gasteiger charge is -2.24. The standard InChI is InChI=1S/C20H24N2O3S/c1-16-6-3-4-7-19(16)20(23)22-13-5-12-21(14-15-22)17-8-10-18(11-9-17)26(2,24)25/h3-4,6-11H,5,12-15H2,1-2H3. The average Bonchev–Trinajstić information content (AvgIpc) is 2.87. The number of carbonyl (C=O) groups is 1. The van der Waals surface area contributed by atoms with Crippen LogP contribution in [0.15, 0.2) is 53.4 Å². The van der Waals surface area contributed by atoms with Gasteiger partial charge in [-0.25, -0.2) is 8.42 Å². The van der Waals surface area contributed by atoms with E-state index in [2.05, 4.69) is 4.90 Å². The third-order valence-corrected chi connectivity index (χ3v) is 5.92. The Hall–Kier alpha value is -2.34. The number of hydrogen-bond donors (Lipinski definition) is 0. The van der Waals surface area contributed by atoms with Crippen molar-refractivity contribution in [2.45, 2.75) is 18.2 Å². The molecule has 1 saturated heterocycles. The molecule has 0 aromatic heterocycles. The van der Waals surface area contributed by atoms with Crippen molar-refractivity contribution >= 4 is 21.4 Å². The topological polar surface area (TPSA) is 57.7 Å². The van der Waals surface area contributed by atoms with Gasteiger partial charge in [-0.15, -0.1) is 0 Å². The molecule has 0 bridgehead atoms. The second kappa shape index (κ2) is 7.50. The largest absolute Gasteiger partial charge is 0.370 e. The number of aryl methyl sites for hydroxylation is 1. The van der Waals surface area contributed by atoms with Crippen LogP contribution in [-0.4, -0.2) is 51.7 Å². The molecule has 138 valence electrons. The van der Waals surface area contributed by atoms with Crippen LogP contribution in [0, 0.1) is 6.92 Å². The molecule has 1 aliphatic heterocycles. The van der Waals surface area contributed by atoms with E-state index in [-0.39, 0.29) is 5.91 Å². The summed E-state index contributed by atoms with van der Waals surface area (Å²) < 4.78 is 23.2. The monoisotopic (exact) mass is 372 g/mol. The first kappa shape index (κ1) is 18.5. The van der Waals surface area contributed by atoms with Crippen molar-refractivity contribution in [2.24, 2.45) is 0 Å². The molecule has 5 nitrogen and oxygen atoms in total. The Morgan fingerprint density at radius 3 is 2.27 bits per heavy atom. The number of hydrogen-bond acceptors (Lipinski definition) is 4. The SMILES string of the molecule is Cc1ccccc1C(=O)N1CCCN(c2ccc(S(C)(=O)=O)cc2)CC1. The zero-order valence-corrected chi connectivity index (χ0v) is 16.0. The molecule has 0 saturated carbocycles. The molecular formula is C20H24N2O3S. The Labute approximate surface area is 155 Å². The summed E-state index contributed by atoms with van der Waals surface area (Å²) in [4.78, 5) is 17.3. The molecule has 2 aromatic rings. The molecule has 2 aromatic carbocycles. The van der Waals surface area contributed by atoms with Gasteiger partial charge in [0.1, 0.15) is 0 Å². The van der Waals surface area contributed by atoms with Crippen LogP contribution in [0.5, 0.6) is 0 Å². The Kier molecular flexibility index (Phi) is 5.32. The highest BCUT2D eigenvalue weighted by molar-refractivity contribution is 7.90. The maximum absolute atomic E-state index is 12.8. The molecule has 0 unspecified atom stereocenters. The van der Waals surface area contributed by atoms with Gasteiger partial charge in [-0.3, -0.25) is 4.79 Å². The number of nitrogens with zero attached hydrogens (tertiary/aromatic N) is 2. The van der Waals surface area contributed by atoms with Crippen LogP contribution in [0.3, 0.4) is 0 Å². The van der Waals surface area contributed by atoms with Crippen LogP contribution in [0.1, 0.15) is 22.3 Å². The van der Waals surface area contributed by atoms with Crippen LogP contribution in [0.4, 0.5) is 5.69 Å². The molecule has 1 fully saturated rings. The number of rotatable bonds is 3. The molecule has 1 amide bonds. The first-order chi connectivity index (χ1) is 12.4. The minimum Gasteiger partial charge on any atom is -0.370 e. The number of amides is 1. The van der Waals surface area contributed by atoms with Gasteiger partial charge < -0.3 is 9.80 Å². The van der Waals surface area contributed by atoms with Crippen LogP contribution >= 0.6 is 0 Å². The second-order valence-corrected chi connectivity index (χ2v) is 8.73. The Morgan fingerprint density at radius 2 is 1.62 bits per heavy atom. The Bertz CT molecular complexity index is 892. The molecule has 0 atom stereocenters. The van der Waals surface area contributed by atoms with Crippen molar-refractivity contribution in [3.8, 4) is 0 Å². The molecule has 0 N–H and O–H groups in total. The lowest BCUT2D eigenvalue weighted by Crippen LogP contribution is -2.35. The molecule has 1 heterocycles. The van der Waals surface area contributed by atoms with Crippen molar-refractivity contribution in [3.05, 3.63) is 59.7 Å². The minimum atomic E-state index is -3.18. The molecular weight excluding hydrogens is 348 g/mol. The fraction of sp³-hybridized carbons (Fsp3) is 0.350. The fourth-order valence-electron chi connectivity index (χ4n) is 3.27. The highest BCUT2D eigenvalue weighted by Gasteiger charge is 2.21. The maximum atomic E-state index is 12.8. The summed E-state index contributed by atoms with van der Waals surface area (Å²) in [7, 11) is -3.18. The first-order valence-corrected chi connectivity index (χ1v) is 10.7. The van der Waals surface area contributed by atoms with Crippen LogP contribution in [0.25, 0.3) is 0 Å². The van der Waals surface area contributed by atoms with Crippen LogP contribution < -0.4 is 4.90 Å². The summed E-state index contributed by atoms with van der Waals surface area (Å²) in [6, 6.07) is 14.6. The highest BCUT2D eigenvalue weighted by atomic mass is 32.2. The van der Waals surface area contributed by atoms with Crippen molar-refractivity contribution in [1.29, 1.82) is 0 Å². The van der Waals surface area contributed by atoms with E-state index >= 15 is 0 Å². The minimum absolute atomic E-state index is 0.0809. The van der Waals surface area contributed by atoms with Crippen molar-refractivity contribution in [2.75, 3.05) is 37.3 Å². The quantitative estimate of drug-likeness (QED) is 0.831. The Balaban J connectivity index is 1.70. The van der Waals surface area contributed by atoms with Gasteiger partial charge >= 0.3 is 0 Å². The van der Waals surface area contributed by atoms with Gasteiger partial charge in [0.25, 0.3) is 5.91 Å². The lowest BCUT2D eigenvalue weighted by atomic mass is 10.1. The van der Waals surface area contributed by atoms with Gasteiger partial charge in [-0.05, 0) is 49.2 Å². The zero-order valence-electron chi connectivity index (χ0n) is 15.2. The summed E-state index contributed by atoms with van der Waals surface area (Å²) in [5.41, 5.74) is 2.75. The normalized spacial score (nSPS) is 15.6. The van der Waals surface area contributed by atoms with Crippen LogP contribution in [-0.2, 0) is 9.84 Å². The third kappa shape index (κ3) is 4.07. The summed E-state index contributed by atoms with van der Waals surface area (Å²) in [6.07, 6.45) is 2.09. The van der Waals surface area contributed by atoms with E-state index in [4.69, 9.17) is 0 Å². The molecule has 1 aliphatic rings. The Morgan fingerprint density at radius 1 is 0.923 bits per heavy atom. The molecule has 0 spiro atoms. The van der Waals surface area contributed by atoms with E-state index < -0.39 is 9.84 Å². The lowest BCUT2D eigenvalue weighted by molar-refractivity contribution is 0.0766. The summed E-state index contributed by atoms with van der Waals surface area (Å²) >= 11 is 0. The molecule has 0 radical (unpaired) electrons. The van der Waals surface area contributed by atoms with E-state index in [0.717, 1.165) is 42.9 Å². The fourth-order valence-corrected chi connectivity index (χ4v) is 3.90. The van der Waals surface area contributed by atoms with Gasteiger partial charge in [0.2, 0.25) is 0 Å². The predicted molar refractivity (Wildman–Crippen MR) is 103 cm³/mol. The highest BCUT2D eigenvalue weighted by Crippen LogP contribution is 2.20. The maximum Gasteiger partial charge on any atom is 0.254 e. The molecule has 26 heavy (non-hydrogen) atoms. The van der Waals surface area contributed by atoms with E-state index in [1.807, 2.05) is 48.2 Å². The number of anilines is 1. The smallest absolute Gasteiger partial charge is 0.254 e. The van der Waals surface area contributed by atoms with Gasteiger partial charge in [0.05, 0.1) is 4.90 Å². The van der Waals surface area contributed by atoms with Crippen LogP contribution in [0.2, 0.25) is 0 Å². The predicted octanol–water partition coefficient (Wildman–Crippen LogP) is 2.75. The number of benzene rings is 2. The van der Waals surface area contributed by atoms with E-state index in [1.165, 1.54) is 6.26 Å². The number of sulfone groups is 1. The van der Waals surface area contributed by atoms with Crippen molar-refractivity contribution < 1.29 is 13.2 Å². The van der Waals surface area contributed by atoms with Gasteiger partial charge in [-0.1, -0.05) is 18.2 Å². The molecule has 0 aliphatic carbocycles. The zero-order chi connectivity index (χ0) is 18.7. The number of carbonyl (C=O) groups excluding carboxylic acids is 1. The van der Waals surface area contributed by atoms with E-state index in [9.17, 15) is 13.2 Å². The average molecular weight is 372 g/mol. The van der Waals surface area contributed by atoms with E-state index in [1.54, 1.807) is 12.1 Å². The molecule has 3 rings (SSSR count). The third-order valence-electron chi connectivity index (χ3n) is 4.79. The van der Waals surface area contributed by atoms with Crippen molar-refractivity contribution in [1.82, 2.24) is 4.90 Å². The van der Waals surface area contributed by atoms with Gasteiger partial charge in [0, 0.05) is 43.7 Å². The van der Waals surface area contributed by atoms with E-state index in [0.29, 0.717) is 11.4 Å². The van der Waals surface area contributed by atoms with Crippen molar-refractivity contribution in [3.63, 3.8) is 0 Å². The summed E-state index contributed by atoms with van der Waals surface area (Å²) in [5, 5.41) is 0. The van der Waals surface area contributed by atoms with Gasteiger partial charge in [0.15, 0.2) is 9.84 Å². The van der Waals surface area contributed by atoms with Gasteiger partial charge in [-0.2, -0.15) is 0 Å².